The molecule has 2 saturated heterocycles. The SMILES string of the molecule is OCCN1CCCC1=NC(=Nc1ccccc1)N1CCOCC1. The average Bonchev–Trinajstić information content (AvgIpc) is 3.03. The quantitative estimate of drug-likeness (QED) is 0.678. The van der Waals surface area contributed by atoms with E-state index in [1.807, 2.05) is 30.3 Å². The number of nitrogens with zero attached hydrogens (tertiary/aromatic N) is 4. The summed E-state index contributed by atoms with van der Waals surface area (Å²) < 4.78 is 5.44. The van der Waals surface area contributed by atoms with Crippen molar-refractivity contribution < 1.29 is 9.84 Å². The maximum Gasteiger partial charge on any atom is 0.227 e. The van der Waals surface area contributed by atoms with Crippen molar-refractivity contribution in [1.82, 2.24) is 9.80 Å². The molecule has 1 aromatic carbocycles. The number of hydrogen-bond acceptors (Lipinski definition) is 3. The first kappa shape index (κ1) is 16.0. The third kappa shape index (κ3) is 4.30. The summed E-state index contributed by atoms with van der Waals surface area (Å²) in [7, 11) is 0. The summed E-state index contributed by atoms with van der Waals surface area (Å²) in [5, 5.41) is 9.21. The number of aliphatic hydroxyl groups is 1. The molecule has 0 unspecified atom stereocenters. The fraction of sp³-hybridized carbons (Fsp3) is 0.529. The van der Waals surface area contributed by atoms with Gasteiger partial charge in [-0.05, 0) is 18.6 Å². The predicted molar refractivity (Wildman–Crippen MR) is 91.3 cm³/mol. The topological polar surface area (TPSA) is 60.7 Å². The number of aliphatic hydroxyl groups excluding tert-OH is 1. The normalized spacial score (nSPS) is 21.3. The van der Waals surface area contributed by atoms with Crippen LogP contribution in [0.2, 0.25) is 0 Å². The Balaban J connectivity index is 1.87. The van der Waals surface area contributed by atoms with Crippen LogP contribution < -0.4 is 0 Å². The first-order valence-corrected chi connectivity index (χ1v) is 8.26. The number of likely N-dealkylation sites (tertiary alicyclic amines) is 1. The number of rotatable bonds is 3. The summed E-state index contributed by atoms with van der Waals surface area (Å²) in [4.78, 5) is 13.9. The maximum atomic E-state index is 9.21. The maximum absolute atomic E-state index is 9.21. The van der Waals surface area contributed by atoms with Crippen LogP contribution in [0.3, 0.4) is 0 Å². The van der Waals surface area contributed by atoms with Crippen molar-refractivity contribution in [2.24, 2.45) is 9.98 Å². The Labute approximate surface area is 137 Å². The highest BCUT2D eigenvalue weighted by molar-refractivity contribution is 5.97. The van der Waals surface area contributed by atoms with Crippen molar-refractivity contribution in [1.29, 1.82) is 0 Å². The fourth-order valence-electron chi connectivity index (χ4n) is 2.87. The zero-order valence-corrected chi connectivity index (χ0v) is 13.4. The van der Waals surface area contributed by atoms with Crippen LogP contribution in [0.4, 0.5) is 5.69 Å². The molecule has 6 nitrogen and oxygen atoms in total. The molecule has 2 fully saturated rings. The first-order chi connectivity index (χ1) is 11.4. The molecule has 1 aromatic rings. The smallest absolute Gasteiger partial charge is 0.227 e. The Morgan fingerprint density at radius 2 is 1.91 bits per heavy atom. The Bertz CT molecular complexity index is 553. The van der Waals surface area contributed by atoms with E-state index >= 15 is 0 Å². The lowest BCUT2D eigenvalue weighted by Crippen LogP contribution is -2.41. The molecule has 1 N–H and O–H groups in total. The van der Waals surface area contributed by atoms with Crippen LogP contribution in [0.25, 0.3) is 0 Å². The van der Waals surface area contributed by atoms with Crippen LogP contribution in [0.1, 0.15) is 12.8 Å². The second-order valence-corrected chi connectivity index (χ2v) is 5.69. The number of amidine groups is 1. The van der Waals surface area contributed by atoms with Crippen molar-refractivity contribution in [3.8, 4) is 0 Å². The molecule has 0 aliphatic carbocycles. The van der Waals surface area contributed by atoms with E-state index in [1.54, 1.807) is 0 Å². The van der Waals surface area contributed by atoms with Gasteiger partial charge in [-0.15, -0.1) is 0 Å². The summed E-state index contributed by atoms with van der Waals surface area (Å²) in [5.41, 5.74) is 0.907. The summed E-state index contributed by atoms with van der Waals surface area (Å²) in [6.07, 6.45) is 2.03. The van der Waals surface area contributed by atoms with E-state index in [9.17, 15) is 5.11 Å². The predicted octanol–water partition coefficient (Wildman–Crippen LogP) is 1.49. The van der Waals surface area contributed by atoms with Crippen molar-refractivity contribution in [3.05, 3.63) is 30.3 Å². The van der Waals surface area contributed by atoms with Gasteiger partial charge in [0.05, 0.1) is 25.5 Å². The number of morpholine rings is 1. The number of para-hydroxylation sites is 1. The number of ether oxygens (including phenoxy) is 1. The molecule has 3 rings (SSSR count). The molecule has 6 heteroatoms. The third-order valence-electron chi connectivity index (χ3n) is 4.07. The molecule has 0 spiro atoms. The highest BCUT2D eigenvalue weighted by Crippen LogP contribution is 2.16. The molecule has 0 radical (unpaired) electrons. The van der Waals surface area contributed by atoms with Gasteiger partial charge in [0, 0.05) is 32.6 Å². The Morgan fingerprint density at radius 3 is 2.65 bits per heavy atom. The minimum absolute atomic E-state index is 0.154. The molecule has 23 heavy (non-hydrogen) atoms. The Hall–Kier alpha value is -1.92. The molecular formula is C17H24N4O2. The van der Waals surface area contributed by atoms with E-state index in [-0.39, 0.29) is 6.61 Å². The van der Waals surface area contributed by atoms with Gasteiger partial charge in [0.15, 0.2) is 0 Å². The van der Waals surface area contributed by atoms with Gasteiger partial charge in [-0.3, -0.25) is 0 Å². The molecule has 0 bridgehead atoms. The number of aliphatic imine (C=N–C) groups is 2. The van der Waals surface area contributed by atoms with Gasteiger partial charge in [-0.1, -0.05) is 18.2 Å². The molecule has 2 heterocycles. The van der Waals surface area contributed by atoms with Crippen LogP contribution in [-0.2, 0) is 4.74 Å². The number of hydrogen-bond donors (Lipinski definition) is 1. The monoisotopic (exact) mass is 316 g/mol. The Kier molecular flexibility index (Phi) is 5.60. The van der Waals surface area contributed by atoms with Gasteiger partial charge < -0.3 is 19.6 Å². The van der Waals surface area contributed by atoms with Gasteiger partial charge in [0.25, 0.3) is 0 Å². The molecule has 124 valence electrons. The van der Waals surface area contributed by atoms with Gasteiger partial charge in [-0.2, -0.15) is 4.99 Å². The van der Waals surface area contributed by atoms with Gasteiger partial charge in [-0.25, -0.2) is 4.99 Å². The van der Waals surface area contributed by atoms with Gasteiger partial charge in [0.2, 0.25) is 5.96 Å². The fourth-order valence-corrected chi connectivity index (χ4v) is 2.87. The largest absolute Gasteiger partial charge is 0.395 e. The minimum Gasteiger partial charge on any atom is -0.395 e. The lowest BCUT2D eigenvalue weighted by atomic mass is 10.3. The van der Waals surface area contributed by atoms with Crippen molar-refractivity contribution in [3.63, 3.8) is 0 Å². The van der Waals surface area contributed by atoms with Crippen molar-refractivity contribution >= 4 is 17.5 Å². The molecule has 2 aliphatic heterocycles. The van der Waals surface area contributed by atoms with Crippen molar-refractivity contribution in [2.75, 3.05) is 46.0 Å². The van der Waals surface area contributed by atoms with E-state index in [0.29, 0.717) is 19.8 Å². The summed E-state index contributed by atoms with van der Waals surface area (Å²) in [6.45, 7) is 4.78. The van der Waals surface area contributed by atoms with Gasteiger partial charge >= 0.3 is 0 Å². The highest BCUT2D eigenvalue weighted by Gasteiger charge is 2.21. The lowest BCUT2D eigenvalue weighted by Gasteiger charge is -2.28. The van der Waals surface area contributed by atoms with Crippen LogP contribution in [0.15, 0.2) is 40.3 Å². The van der Waals surface area contributed by atoms with E-state index < -0.39 is 0 Å². The summed E-state index contributed by atoms with van der Waals surface area (Å²) in [5.74, 6) is 1.78. The highest BCUT2D eigenvalue weighted by atomic mass is 16.5. The van der Waals surface area contributed by atoms with E-state index in [0.717, 1.165) is 50.0 Å². The molecule has 2 aliphatic rings. The number of β-amino-alcohol motifs (C(OH)–C–C–N with tert-alkyl or cyclic N) is 1. The van der Waals surface area contributed by atoms with Crippen LogP contribution in [-0.4, -0.2) is 72.7 Å². The molecule has 0 amide bonds. The lowest BCUT2D eigenvalue weighted by molar-refractivity contribution is 0.0676. The Morgan fingerprint density at radius 1 is 1.13 bits per heavy atom. The molecule has 0 saturated carbocycles. The number of guanidine groups is 1. The van der Waals surface area contributed by atoms with Crippen LogP contribution >= 0.6 is 0 Å². The minimum atomic E-state index is 0.154. The summed E-state index contributed by atoms with van der Waals surface area (Å²) >= 11 is 0. The van der Waals surface area contributed by atoms with Gasteiger partial charge in [0.1, 0.15) is 5.84 Å². The van der Waals surface area contributed by atoms with E-state index in [4.69, 9.17) is 14.7 Å². The second kappa shape index (κ2) is 8.08. The van der Waals surface area contributed by atoms with Crippen molar-refractivity contribution in [2.45, 2.75) is 12.8 Å². The second-order valence-electron chi connectivity index (χ2n) is 5.69. The standard InChI is InChI=1S/C17H24N4O2/c22-12-9-20-8-4-7-16(20)19-17(21-10-13-23-14-11-21)18-15-5-2-1-3-6-15/h1-3,5-6,22H,4,7-14H2. The third-order valence-corrected chi connectivity index (χ3v) is 4.07. The first-order valence-electron chi connectivity index (χ1n) is 8.26. The summed E-state index contributed by atoms with van der Waals surface area (Å²) in [6, 6.07) is 9.92. The van der Waals surface area contributed by atoms with E-state index in [2.05, 4.69) is 9.80 Å². The van der Waals surface area contributed by atoms with Crippen LogP contribution in [0, 0.1) is 0 Å². The molecule has 0 aromatic heterocycles. The zero-order valence-electron chi connectivity index (χ0n) is 13.4. The number of benzene rings is 1. The zero-order chi connectivity index (χ0) is 15.9. The van der Waals surface area contributed by atoms with Crippen LogP contribution in [0.5, 0.6) is 0 Å². The molecule has 0 atom stereocenters. The van der Waals surface area contributed by atoms with E-state index in [1.165, 1.54) is 0 Å². The average molecular weight is 316 g/mol. The molecular weight excluding hydrogens is 292 g/mol.